The Morgan fingerprint density at radius 2 is 1.57 bits per heavy atom. The minimum atomic E-state index is -0.244. The molecule has 2 N–H and O–H groups in total. The van der Waals surface area contributed by atoms with Crippen LogP contribution in [-0.2, 0) is 4.79 Å². The molecule has 2 aromatic rings. The van der Waals surface area contributed by atoms with E-state index in [2.05, 4.69) is 10.6 Å². The van der Waals surface area contributed by atoms with Crippen LogP contribution in [0, 0.1) is 6.92 Å². The highest BCUT2D eigenvalue weighted by molar-refractivity contribution is 6.04. The van der Waals surface area contributed by atoms with E-state index in [-0.39, 0.29) is 30.7 Å². The Bertz CT molecular complexity index is 873. The predicted molar refractivity (Wildman–Crippen MR) is 108 cm³/mol. The van der Waals surface area contributed by atoms with Gasteiger partial charge in [-0.05, 0) is 43.5 Å². The Labute approximate surface area is 164 Å². The van der Waals surface area contributed by atoms with Gasteiger partial charge in [-0.2, -0.15) is 0 Å². The maximum absolute atomic E-state index is 12.7. The lowest BCUT2D eigenvalue weighted by atomic mass is 10.1. The Morgan fingerprint density at radius 3 is 2.29 bits per heavy atom. The van der Waals surface area contributed by atoms with Gasteiger partial charge in [0.2, 0.25) is 5.91 Å². The average molecular weight is 379 g/mol. The molecule has 0 aliphatic carbocycles. The summed E-state index contributed by atoms with van der Waals surface area (Å²) in [6.45, 7) is 3.61. The number of nitrogens with zero attached hydrogens (tertiary/aromatic N) is 1. The van der Waals surface area contributed by atoms with E-state index in [4.69, 9.17) is 0 Å². The summed E-state index contributed by atoms with van der Waals surface area (Å²) in [5.74, 6) is -0.497. The monoisotopic (exact) mass is 379 g/mol. The predicted octanol–water partition coefficient (Wildman–Crippen LogP) is 2.99. The Balaban J connectivity index is 1.54. The highest BCUT2D eigenvalue weighted by Crippen LogP contribution is 2.20. The number of carbonyl (C=O) groups is 3. The summed E-state index contributed by atoms with van der Waals surface area (Å²) in [7, 11) is 0. The summed E-state index contributed by atoms with van der Waals surface area (Å²) in [6.07, 6.45) is 2.16. The van der Waals surface area contributed by atoms with Gasteiger partial charge in [0.15, 0.2) is 0 Å². The number of nitrogens with one attached hydrogen (secondary N) is 2. The molecule has 3 rings (SSSR count). The molecular formula is C22H25N3O3. The fourth-order valence-corrected chi connectivity index (χ4v) is 3.29. The van der Waals surface area contributed by atoms with Crippen molar-refractivity contribution in [3.8, 4) is 0 Å². The number of anilines is 1. The van der Waals surface area contributed by atoms with Crippen LogP contribution in [0.4, 0.5) is 5.69 Å². The summed E-state index contributed by atoms with van der Waals surface area (Å²) in [5.41, 5.74) is 2.50. The van der Waals surface area contributed by atoms with Crippen LogP contribution in [0.15, 0.2) is 48.5 Å². The lowest BCUT2D eigenvalue weighted by Crippen LogP contribution is -2.30. The van der Waals surface area contributed by atoms with E-state index in [0.717, 1.165) is 31.5 Å². The van der Waals surface area contributed by atoms with Gasteiger partial charge in [0.25, 0.3) is 11.8 Å². The van der Waals surface area contributed by atoms with E-state index in [1.807, 2.05) is 30.0 Å². The van der Waals surface area contributed by atoms with E-state index in [0.29, 0.717) is 16.8 Å². The number of benzene rings is 2. The molecular weight excluding hydrogens is 354 g/mol. The first-order chi connectivity index (χ1) is 13.6. The van der Waals surface area contributed by atoms with E-state index < -0.39 is 0 Å². The molecule has 1 fully saturated rings. The standard InChI is InChI=1S/C22H25N3O3/c1-16-8-2-3-9-17(16)21(27)23-13-12-20(26)24-19-11-5-4-10-18(19)22(28)25-14-6-7-15-25/h2-5,8-11H,6-7,12-15H2,1H3,(H,23,27)(H,24,26). The van der Waals surface area contributed by atoms with E-state index in [1.165, 1.54) is 0 Å². The molecule has 0 aromatic heterocycles. The first kappa shape index (κ1) is 19.6. The molecule has 0 unspecified atom stereocenters. The van der Waals surface area contributed by atoms with Crippen molar-refractivity contribution in [3.63, 3.8) is 0 Å². The lowest BCUT2D eigenvalue weighted by Gasteiger charge is -2.18. The molecule has 6 heteroatoms. The van der Waals surface area contributed by atoms with Crippen molar-refractivity contribution in [3.05, 3.63) is 65.2 Å². The fourth-order valence-electron chi connectivity index (χ4n) is 3.29. The zero-order valence-electron chi connectivity index (χ0n) is 16.0. The van der Waals surface area contributed by atoms with Crippen LogP contribution in [-0.4, -0.2) is 42.3 Å². The van der Waals surface area contributed by atoms with Crippen molar-refractivity contribution >= 4 is 23.4 Å². The molecule has 0 atom stereocenters. The summed E-state index contributed by atoms with van der Waals surface area (Å²) in [4.78, 5) is 39.0. The highest BCUT2D eigenvalue weighted by Gasteiger charge is 2.22. The minimum absolute atomic E-state index is 0.0544. The van der Waals surface area contributed by atoms with Gasteiger partial charge < -0.3 is 15.5 Å². The molecule has 0 saturated carbocycles. The second-order valence-corrected chi connectivity index (χ2v) is 6.91. The van der Waals surface area contributed by atoms with Gasteiger partial charge in [-0.25, -0.2) is 0 Å². The largest absolute Gasteiger partial charge is 0.352 e. The molecule has 0 bridgehead atoms. The van der Waals surface area contributed by atoms with Gasteiger partial charge in [-0.1, -0.05) is 30.3 Å². The van der Waals surface area contributed by atoms with Crippen LogP contribution >= 0.6 is 0 Å². The van der Waals surface area contributed by atoms with Gasteiger partial charge in [0, 0.05) is 31.6 Å². The van der Waals surface area contributed by atoms with Gasteiger partial charge in [0.1, 0.15) is 0 Å². The number of hydrogen-bond donors (Lipinski definition) is 2. The molecule has 0 spiro atoms. The number of hydrogen-bond acceptors (Lipinski definition) is 3. The fraction of sp³-hybridized carbons (Fsp3) is 0.318. The molecule has 6 nitrogen and oxygen atoms in total. The van der Waals surface area contributed by atoms with Crippen LogP contribution in [0.2, 0.25) is 0 Å². The highest BCUT2D eigenvalue weighted by atomic mass is 16.2. The number of aryl methyl sites for hydroxylation is 1. The number of rotatable bonds is 6. The quantitative estimate of drug-likeness (QED) is 0.810. The van der Waals surface area contributed by atoms with Gasteiger partial charge >= 0.3 is 0 Å². The number of para-hydroxylation sites is 1. The second-order valence-electron chi connectivity index (χ2n) is 6.91. The molecule has 1 saturated heterocycles. The molecule has 1 aliphatic heterocycles. The van der Waals surface area contributed by atoms with Crippen LogP contribution in [0.5, 0.6) is 0 Å². The first-order valence-corrected chi connectivity index (χ1v) is 9.58. The molecule has 0 radical (unpaired) electrons. The van der Waals surface area contributed by atoms with Crippen LogP contribution in [0.3, 0.4) is 0 Å². The third-order valence-electron chi connectivity index (χ3n) is 4.85. The van der Waals surface area contributed by atoms with Crippen molar-refractivity contribution in [1.82, 2.24) is 10.2 Å². The van der Waals surface area contributed by atoms with Crippen molar-refractivity contribution in [2.45, 2.75) is 26.2 Å². The smallest absolute Gasteiger partial charge is 0.255 e. The van der Waals surface area contributed by atoms with Crippen molar-refractivity contribution in [2.75, 3.05) is 25.0 Å². The van der Waals surface area contributed by atoms with Gasteiger partial charge in [0.05, 0.1) is 11.3 Å². The Kier molecular flexibility index (Phi) is 6.42. The topological polar surface area (TPSA) is 78.5 Å². The normalized spacial score (nSPS) is 13.2. The zero-order valence-corrected chi connectivity index (χ0v) is 16.0. The summed E-state index contributed by atoms with van der Waals surface area (Å²) < 4.78 is 0. The van der Waals surface area contributed by atoms with Crippen molar-refractivity contribution in [2.24, 2.45) is 0 Å². The number of amides is 3. The van der Waals surface area contributed by atoms with Crippen molar-refractivity contribution < 1.29 is 14.4 Å². The zero-order chi connectivity index (χ0) is 19.9. The summed E-state index contributed by atoms with van der Waals surface area (Å²) >= 11 is 0. The van der Waals surface area contributed by atoms with Crippen LogP contribution in [0.1, 0.15) is 45.5 Å². The maximum Gasteiger partial charge on any atom is 0.255 e. The van der Waals surface area contributed by atoms with Crippen LogP contribution < -0.4 is 10.6 Å². The molecule has 28 heavy (non-hydrogen) atoms. The minimum Gasteiger partial charge on any atom is -0.352 e. The van der Waals surface area contributed by atoms with E-state index in [1.54, 1.807) is 30.3 Å². The maximum atomic E-state index is 12.7. The summed E-state index contributed by atoms with van der Waals surface area (Å²) in [6, 6.07) is 14.4. The molecule has 3 amide bonds. The van der Waals surface area contributed by atoms with Crippen molar-refractivity contribution in [1.29, 1.82) is 0 Å². The number of carbonyl (C=O) groups excluding carboxylic acids is 3. The molecule has 2 aromatic carbocycles. The SMILES string of the molecule is Cc1ccccc1C(=O)NCCC(=O)Nc1ccccc1C(=O)N1CCCC1. The van der Waals surface area contributed by atoms with E-state index >= 15 is 0 Å². The van der Waals surface area contributed by atoms with Gasteiger partial charge in [-0.15, -0.1) is 0 Å². The third kappa shape index (κ3) is 4.76. The number of likely N-dealkylation sites (tertiary alicyclic amines) is 1. The first-order valence-electron chi connectivity index (χ1n) is 9.58. The molecule has 1 aliphatic rings. The lowest BCUT2D eigenvalue weighted by molar-refractivity contribution is -0.116. The van der Waals surface area contributed by atoms with Crippen LogP contribution in [0.25, 0.3) is 0 Å². The molecule has 1 heterocycles. The Hall–Kier alpha value is -3.15. The molecule has 146 valence electrons. The average Bonchev–Trinajstić information content (AvgIpc) is 3.23. The third-order valence-corrected chi connectivity index (χ3v) is 4.85. The van der Waals surface area contributed by atoms with Gasteiger partial charge in [-0.3, -0.25) is 14.4 Å². The summed E-state index contributed by atoms with van der Waals surface area (Å²) in [5, 5.41) is 5.57. The second kappa shape index (κ2) is 9.17. The Morgan fingerprint density at radius 1 is 0.929 bits per heavy atom. The van der Waals surface area contributed by atoms with E-state index in [9.17, 15) is 14.4 Å².